The highest BCUT2D eigenvalue weighted by atomic mass is 32.2. The van der Waals surface area contributed by atoms with Crippen LogP contribution in [0.25, 0.3) is 0 Å². The fourth-order valence-electron chi connectivity index (χ4n) is 3.46. The minimum Gasteiger partial charge on any atom is -0.497 e. The van der Waals surface area contributed by atoms with E-state index in [4.69, 9.17) is 14.7 Å². The summed E-state index contributed by atoms with van der Waals surface area (Å²) in [6.07, 6.45) is 0. The number of ether oxygens (including phenoxy) is 1. The molecule has 1 fully saturated rings. The van der Waals surface area contributed by atoms with Crippen LogP contribution in [-0.4, -0.2) is 65.8 Å². The van der Waals surface area contributed by atoms with E-state index in [0.29, 0.717) is 18.3 Å². The van der Waals surface area contributed by atoms with Crippen LogP contribution >= 0.6 is 11.9 Å². The van der Waals surface area contributed by atoms with Gasteiger partial charge in [-0.15, -0.1) is 0 Å². The Morgan fingerprint density at radius 1 is 0.970 bits per heavy atom. The molecule has 8 nitrogen and oxygen atoms in total. The lowest BCUT2D eigenvalue weighted by Crippen LogP contribution is -2.44. The SMILES string of the molecule is COc1ccc(SN2CCN(c3nc(NCCO)cc(Nc4ccc(C)cc4)n3)CC2)cc1. The molecule has 1 aromatic heterocycles. The van der Waals surface area contributed by atoms with Crippen LogP contribution in [0.3, 0.4) is 0 Å². The third-order valence-electron chi connectivity index (χ3n) is 5.27. The van der Waals surface area contributed by atoms with Crippen LogP contribution in [0.15, 0.2) is 59.5 Å². The number of anilines is 4. The topological polar surface area (TPSA) is 85.8 Å². The molecule has 2 aromatic carbocycles. The summed E-state index contributed by atoms with van der Waals surface area (Å²) in [6.45, 7) is 6.00. The highest BCUT2D eigenvalue weighted by Crippen LogP contribution is 2.27. The molecule has 0 radical (unpaired) electrons. The minimum absolute atomic E-state index is 0.0430. The van der Waals surface area contributed by atoms with Crippen LogP contribution in [-0.2, 0) is 0 Å². The van der Waals surface area contributed by atoms with Crippen molar-refractivity contribution in [3.8, 4) is 5.75 Å². The molecule has 3 N–H and O–H groups in total. The lowest BCUT2D eigenvalue weighted by Gasteiger charge is -2.34. The molecular weight excluding hydrogens is 436 g/mol. The number of hydrogen-bond acceptors (Lipinski definition) is 9. The lowest BCUT2D eigenvalue weighted by molar-refractivity contribution is 0.311. The Balaban J connectivity index is 1.42. The number of piperazine rings is 1. The number of aromatic nitrogens is 2. The Kier molecular flexibility index (Phi) is 7.87. The molecule has 3 aromatic rings. The van der Waals surface area contributed by atoms with Gasteiger partial charge in [0.05, 0.1) is 13.7 Å². The number of benzene rings is 2. The molecule has 0 atom stereocenters. The zero-order valence-electron chi connectivity index (χ0n) is 19.0. The van der Waals surface area contributed by atoms with E-state index >= 15 is 0 Å². The van der Waals surface area contributed by atoms with Gasteiger partial charge in [0.1, 0.15) is 17.4 Å². The minimum atomic E-state index is 0.0430. The number of aliphatic hydroxyl groups is 1. The number of methoxy groups -OCH3 is 1. The molecule has 0 saturated carbocycles. The summed E-state index contributed by atoms with van der Waals surface area (Å²) in [6, 6.07) is 18.2. The van der Waals surface area contributed by atoms with Gasteiger partial charge in [-0.25, -0.2) is 4.31 Å². The molecule has 33 heavy (non-hydrogen) atoms. The molecule has 9 heteroatoms. The summed E-state index contributed by atoms with van der Waals surface area (Å²) >= 11 is 1.76. The first-order valence-electron chi connectivity index (χ1n) is 11.0. The van der Waals surface area contributed by atoms with Crippen LogP contribution in [0.1, 0.15) is 5.56 Å². The molecule has 1 aliphatic rings. The van der Waals surface area contributed by atoms with Crippen LogP contribution < -0.4 is 20.3 Å². The van der Waals surface area contributed by atoms with Crippen molar-refractivity contribution in [2.75, 3.05) is 62.0 Å². The second-order valence-corrected chi connectivity index (χ2v) is 8.93. The number of aliphatic hydroxyl groups excluding tert-OH is 1. The van der Waals surface area contributed by atoms with Crippen molar-refractivity contribution in [2.24, 2.45) is 0 Å². The molecular formula is C24H30N6O2S. The molecule has 174 valence electrons. The van der Waals surface area contributed by atoms with Crippen molar-refractivity contribution in [1.82, 2.24) is 14.3 Å². The van der Waals surface area contributed by atoms with Crippen molar-refractivity contribution >= 4 is 35.2 Å². The van der Waals surface area contributed by atoms with E-state index in [1.807, 2.05) is 30.3 Å². The van der Waals surface area contributed by atoms with Gasteiger partial charge in [0, 0.05) is 49.4 Å². The zero-order valence-corrected chi connectivity index (χ0v) is 19.8. The predicted molar refractivity (Wildman–Crippen MR) is 135 cm³/mol. The second-order valence-electron chi connectivity index (χ2n) is 7.76. The maximum atomic E-state index is 9.21. The van der Waals surface area contributed by atoms with Crippen molar-refractivity contribution in [1.29, 1.82) is 0 Å². The van der Waals surface area contributed by atoms with Gasteiger partial charge in [0.25, 0.3) is 0 Å². The fourth-order valence-corrected chi connectivity index (χ4v) is 4.37. The van der Waals surface area contributed by atoms with Crippen molar-refractivity contribution in [2.45, 2.75) is 11.8 Å². The molecule has 0 aliphatic carbocycles. The monoisotopic (exact) mass is 466 g/mol. The number of nitrogens with zero attached hydrogens (tertiary/aromatic N) is 4. The van der Waals surface area contributed by atoms with Gasteiger partial charge >= 0.3 is 0 Å². The van der Waals surface area contributed by atoms with E-state index in [0.717, 1.165) is 43.4 Å². The van der Waals surface area contributed by atoms with Crippen LogP contribution in [0.5, 0.6) is 5.75 Å². The predicted octanol–water partition coefficient (Wildman–Crippen LogP) is 3.77. The van der Waals surface area contributed by atoms with Crippen LogP contribution in [0.4, 0.5) is 23.3 Å². The van der Waals surface area contributed by atoms with Crippen LogP contribution in [0, 0.1) is 6.92 Å². The van der Waals surface area contributed by atoms with Gasteiger partial charge in [-0.3, -0.25) is 0 Å². The summed E-state index contributed by atoms with van der Waals surface area (Å²) in [5.74, 6) is 2.96. The maximum absolute atomic E-state index is 9.21. The van der Waals surface area contributed by atoms with Gasteiger partial charge < -0.3 is 25.4 Å². The standard InChI is InChI=1S/C24H30N6O2S/c1-18-3-5-19(6-4-18)26-23-17-22(25-11-16-31)27-24(28-23)29-12-14-30(15-13-29)33-21-9-7-20(32-2)8-10-21/h3-10,17,31H,11-16H2,1-2H3,(H2,25,26,27,28). The summed E-state index contributed by atoms with van der Waals surface area (Å²) in [7, 11) is 1.68. The number of aryl methyl sites for hydroxylation is 1. The Morgan fingerprint density at radius 2 is 1.67 bits per heavy atom. The van der Waals surface area contributed by atoms with E-state index in [2.05, 4.69) is 51.0 Å². The van der Waals surface area contributed by atoms with Crippen molar-refractivity contribution < 1.29 is 9.84 Å². The summed E-state index contributed by atoms with van der Waals surface area (Å²) in [4.78, 5) is 12.9. The number of nitrogens with one attached hydrogen (secondary N) is 2. The average Bonchev–Trinajstić information content (AvgIpc) is 2.85. The molecule has 0 bridgehead atoms. The lowest BCUT2D eigenvalue weighted by atomic mass is 10.2. The summed E-state index contributed by atoms with van der Waals surface area (Å²) in [5, 5.41) is 15.7. The van der Waals surface area contributed by atoms with E-state index in [1.165, 1.54) is 10.5 Å². The van der Waals surface area contributed by atoms with E-state index in [1.54, 1.807) is 19.1 Å². The normalized spacial score (nSPS) is 14.2. The molecule has 1 aliphatic heterocycles. The highest BCUT2D eigenvalue weighted by Gasteiger charge is 2.21. The third-order valence-corrected chi connectivity index (χ3v) is 6.38. The average molecular weight is 467 g/mol. The summed E-state index contributed by atoms with van der Waals surface area (Å²) in [5.41, 5.74) is 2.18. The first-order valence-corrected chi connectivity index (χ1v) is 11.8. The molecule has 1 saturated heterocycles. The van der Waals surface area contributed by atoms with Crippen LogP contribution in [0.2, 0.25) is 0 Å². The molecule has 0 unspecified atom stereocenters. The molecule has 2 heterocycles. The number of hydrogen-bond donors (Lipinski definition) is 3. The van der Waals surface area contributed by atoms with Gasteiger partial charge in [-0.05, 0) is 55.3 Å². The zero-order chi connectivity index (χ0) is 23.0. The quantitative estimate of drug-likeness (QED) is 0.408. The largest absolute Gasteiger partial charge is 0.497 e. The Morgan fingerprint density at radius 3 is 2.33 bits per heavy atom. The van der Waals surface area contributed by atoms with E-state index in [9.17, 15) is 5.11 Å². The molecule has 0 amide bonds. The highest BCUT2D eigenvalue weighted by molar-refractivity contribution is 7.97. The third kappa shape index (κ3) is 6.50. The fraction of sp³-hybridized carbons (Fsp3) is 0.333. The van der Waals surface area contributed by atoms with Crippen molar-refractivity contribution in [3.05, 3.63) is 60.2 Å². The van der Waals surface area contributed by atoms with Gasteiger partial charge in [0.15, 0.2) is 0 Å². The Hall–Kier alpha value is -3.01. The smallest absolute Gasteiger partial charge is 0.229 e. The number of rotatable bonds is 9. The van der Waals surface area contributed by atoms with Gasteiger partial charge in [0.2, 0.25) is 5.95 Å². The van der Waals surface area contributed by atoms with E-state index < -0.39 is 0 Å². The maximum Gasteiger partial charge on any atom is 0.229 e. The molecule has 0 spiro atoms. The first kappa shape index (κ1) is 23.2. The van der Waals surface area contributed by atoms with Gasteiger partial charge in [-0.1, -0.05) is 17.7 Å². The Labute approximate surface area is 199 Å². The van der Waals surface area contributed by atoms with Gasteiger partial charge in [-0.2, -0.15) is 9.97 Å². The second kappa shape index (κ2) is 11.2. The molecule has 4 rings (SSSR count). The van der Waals surface area contributed by atoms with E-state index in [-0.39, 0.29) is 6.61 Å². The Bertz CT molecular complexity index is 1020. The summed E-state index contributed by atoms with van der Waals surface area (Å²) < 4.78 is 7.60. The van der Waals surface area contributed by atoms with Crippen molar-refractivity contribution in [3.63, 3.8) is 0 Å². The first-order chi connectivity index (χ1) is 16.1.